The summed E-state index contributed by atoms with van der Waals surface area (Å²) in [6.45, 7) is 1.78. The quantitative estimate of drug-likeness (QED) is 0.920. The largest absolute Gasteiger partial charge is 0.484 e. The summed E-state index contributed by atoms with van der Waals surface area (Å²) in [6, 6.07) is 5.20. The Bertz CT molecular complexity index is 703. The van der Waals surface area contributed by atoms with Gasteiger partial charge in [0.25, 0.3) is 0 Å². The van der Waals surface area contributed by atoms with Crippen LogP contribution in [0.1, 0.15) is 23.9 Å². The molecule has 1 aliphatic heterocycles. The standard InChI is InChI=1S/C14H11ClN2O3/c1-7-16-6-10-12(5-13(18)19)20-11-3-2-8(15)4-9(11)14(10)17-7/h2-4,6,12H,5H2,1H3,(H,18,19). The summed E-state index contributed by atoms with van der Waals surface area (Å²) in [6.07, 6.45) is 0.896. The fourth-order valence-corrected chi connectivity index (χ4v) is 2.42. The molecule has 1 aromatic heterocycles. The Balaban J connectivity index is 2.18. The molecule has 0 saturated heterocycles. The molecule has 1 atom stereocenters. The first-order valence-corrected chi connectivity index (χ1v) is 6.44. The molecular weight excluding hydrogens is 280 g/mol. The lowest BCUT2D eigenvalue weighted by Gasteiger charge is -2.27. The number of carboxylic acids is 1. The summed E-state index contributed by atoms with van der Waals surface area (Å²) in [5.41, 5.74) is 2.12. The molecule has 102 valence electrons. The molecule has 20 heavy (non-hydrogen) atoms. The Morgan fingerprint density at radius 2 is 2.30 bits per heavy atom. The minimum absolute atomic E-state index is 0.137. The maximum atomic E-state index is 11.0. The van der Waals surface area contributed by atoms with Gasteiger partial charge in [0.15, 0.2) is 0 Å². The number of aliphatic carboxylic acids is 1. The second kappa shape index (κ2) is 4.76. The zero-order valence-electron chi connectivity index (χ0n) is 10.6. The highest BCUT2D eigenvalue weighted by Crippen LogP contribution is 2.43. The first-order valence-electron chi connectivity index (χ1n) is 6.06. The van der Waals surface area contributed by atoms with Crippen LogP contribution in [0, 0.1) is 6.92 Å². The van der Waals surface area contributed by atoms with Gasteiger partial charge in [0.05, 0.1) is 12.1 Å². The van der Waals surface area contributed by atoms with E-state index in [0.29, 0.717) is 27.9 Å². The number of aryl methyl sites for hydroxylation is 1. The first-order chi connectivity index (χ1) is 9.54. The summed E-state index contributed by atoms with van der Waals surface area (Å²) < 4.78 is 5.74. The number of benzene rings is 1. The van der Waals surface area contributed by atoms with Crippen LogP contribution in [0.25, 0.3) is 11.3 Å². The minimum Gasteiger partial charge on any atom is -0.484 e. The van der Waals surface area contributed by atoms with Gasteiger partial charge in [-0.05, 0) is 25.1 Å². The molecule has 0 spiro atoms. The van der Waals surface area contributed by atoms with Crippen molar-refractivity contribution in [2.24, 2.45) is 0 Å². The third-order valence-electron chi connectivity index (χ3n) is 3.11. The molecule has 0 radical (unpaired) electrons. The topological polar surface area (TPSA) is 72.3 Å². The smallest absolute Gasteiger partial charge is 0.307 e. The van der Waals surface area contributed by atoms with Crippen LogP contribution in [0.15, 0.2) is 24.4 Å². The normalized spacial score (nSPS) is 16.0. The van der Waals surface area contributed by atoms with Crippen LogP contribution in [-0.2, 0) is 4.79 Å². The number of carbonyl (C=O) groups is 1. The van der Waals surface area contributed by atoms with E-state index < -0.39 is 12.1 Å². The fourth-order valence-electron chi connectivity index (χ4n) is 2.25. The zero-order chi connectivity index (χ0) is 14.3. The third kappa shape index (κ3) is 2.20. The van der Waals surface area contributed by atoms with Gasteiger partial charge >= 0.3 is 5.97 Å². The molecule has 1 N–H and O–H groups in total. The Morgan fingerprint density at radius 1 is 1.50 bits per heavy atom. The lowest BCUT2D eigenvalue weighted by molar-refractivity contribution is -0.138. The van der Waals surface area contributed by atoms with Gasteiger partial charge < -0.3 is 9.84 Å². The average molecular weight is 291 g/mol. The molecule has 5 nitrogen and oxygen atoms in total. The van der Waals surface area contributed by atoms with Crippen LogP contribution in [0.3, 0.4) is 0 Å². The fraction of sp³-hybridized carbons (Fsp3) is 0.214. The van der Waals surface area contributed by atoms with Crippen molar-refractivity contribution in [1.82, 2.24) is 9.97 Å². The maximum Gasteiger partial charge on any atom is 0.307 e. The summed E-state index contributed by atoms with van der Waals surface area (Å²) in [5, 5.41) is 9.57. The van der Waals surface area contributed by atoms with E-state index in [1.54, 1.807) is 31.3 Å². The third-order valence-corrected chi connectivity index (χ3v) is 3.35. The minimum atomic E-state index is -0.932. The molecular formula is C14H11ClN2O3. The number of hydrogen-bond acceptors (Lipinski definition) is 4. The van der Waals surface area contributed by atoms with E-state index in [0.717, 1.165) is 5.56 Å². The second-order valence-corrected chi connectivity index (χ2v) is 5.00. The van der Waals surface area contributed by atoms with E-state index in [1.807, 2.05) is 0 Å². The first kappa shape index (κ1) is 12.9. The van der Waals surface area contributed by atoms with Crippen LogP contribution >= 0.6 is 11.6 Å². The van der Waals surface area contributed by atoms with Gasteiger partial charge in [0.1, 0.15) is 17.7 Å². The van der Waals surface area contributed by atoms with Crippen molar-refractivity contribution in [3.8, 4) is 17.0 Å². The maximum absolute atomic E-state index is 11.0. The summed E-state index contributed by atoms with van der Waals surface area (Å²) in [5.74, 6) is 0.274. The molecule has 3 rings (SSSR count). The van der Waals surface area contributed by atoms with Crippen LogP contribution < -0.4 is 4.74 Å². The van der Waals surface area contributed by atoms with Crippen molar-refractivity contribution in [3.05, 3.63) is 40.8 Å². The Kier molecular flexibility index (Phi) is 3.06. The molecule has 0 saturated carbocycles. The van der Waals surface area contributed by atoms with Crippen molar-refractivity contribution < 1.29 is 14.6 Å². The van der Waals surface area contributed by atoms with Crippen molar-refractivity contribution in [1.29, 1.82) is 0 Å². The number of carboxylic acid groups (broad SMARTS) is 1. The van der Waals surface area contributed by atoms with Gasteiger partial charge in [-0.15, -0.1) is 0 Å². The van der Waals surface area contributed by atoms with Crippen LogP contribution in [0.5, 0.6) is 5.75 Å². The van der Waals surface area contributed by atoms with Crippen LogP contribution in [0.2, 0.25) is 5.02 Å². The van der Waals surface area contributed by atoms with E-state index in [4.69, 9.17) is 21.4 Å². The molecule has 1 aromatic carbocycles. The van der Waals surface area contributed by atoms with Gasteiger partial charge in [-0.25, -0.2) is 9.97 Å². The summed E-state index contributed by atoms with van der Waals surface area (Å²) in [4.78, 5) is 19.5. The van der Waals surface area contributed by atoms with Gasteiger partial charge in [0.2, 0.25) is 0 Å². The van der Waals surface area contributed by atoms with Gasteiger partial charge in [0, 0.05) is 22.3 Å². The lowest BCUT2D eigenvalue weighted by Crippen LogP contribution is -2.19. The molecule has 1 aliphatic rings. The van der Waals surface area contributed by atoms with Crippen molar-refractivity contribution in [2.75, 3.05) is 0 Å². The van der Waals surface area contributed by atoms with E-state index in [1.165, 1.54) is 0 Å². The molecule has 2 aromatic rings. The number of aromatic nitrogens is 2. The zero-order valence-corrected chi connectivity index (χ0v) is 11.4. The molecule has 0 aliphatic carbocycles. The Hall–Kier alpha value is -2.14. The van der Waals surface area contributed by atoms with Gasteiger partial charge in [-0.1, -0.05) is 11.6 Å². The number of hydrogen-bond donors (Lipinski definition) is 1. The lowest BCUT2D eigenvalue weighted by atomic mass is 9.97. The van der Waals surface area contributed by atoms with E-state index in [9.17, 15) is 4.79 Å². The predicted octanol–water partition coefficient (Wildman–Crippen LogP) is 3.01. The number of nitrogens with zero attached hydrogens (tertiary/aromatic N) is 2. The molecule has 2 heterocycles. The Labute approximate surface area is 120 Å². The number of ether oxygens (including phenoxy) is 1. The second-order valence-electron chi connectivity index (χ2n) is 4.57. The molecule has 0 amide bonds. The average Bonchev–Trinajstić information content (AvgIpc) is 2.39. The highest BCUT2D eigenvalue weighted by molar-refractivity contribution is 6.31. The summed E-state index contributed by atoms with van der Waals surface area (Å²) >= 11 is 6.01. The molecule has 0 bridgehead atoms. The van der Waals surface area contributed by atoms with Crippen LogP contribution in [0.4, 0.5) is 0 Å². The number of rotatable bonds is 2. The SMILES string of the molecule is Cc1ncc2c(n1)-c1cc(Cl)ccc1OC2CC(=O)O. The van der Waals surface area contributed by atoms with Gasteiger partial charge in [-0.3, -0.25) is 4.79 Å². The Morgan fingerprint density at radius 3 is 3.05 bits per heavy atom. The number of fused-ring (bicyclic) bond motifs is 3. The molecule has 6 heteroatoms. The van der Waals surface area contributed by atoms with Gasteiger partial charge in [-0.2, -0.15) is 0 Å². The van der Waals surface area contributed by atoms with E-state index in [-0.39, 0.29) is 6.42 Å². The van der Waals surface area contributed by atoms with Crippen LogP contribution in [-0.4, -0.2) is 21.0 Å². The van der Waals surface area contributed by atoms with Crippen molar-refractivity contribution in [2.45, 2.75) is 19.4 Å². The molecule has 1 unspecified atom stereocenters. The highest BCUT2D eigenvalue weighted by Gasteiger charge is 2.29. The number of halogens is 1. The van der Waals surface area contributed by atoms with Crippen molar-refractivity contribution in [3.63, 3.8) is 0 Å². The summed E-state index contributed by atoms with van der Waals surface area (Å²) in [7, 11) is 0. The van der Waals surface area contributed by atoms with E-state index in [2.05, 4.69) is 9.97 Å². The van der Waals surface area contributed by atoms with Crippen molar-refractivity contribution >= 4 is 17.6 Å². The predicted molar refractivity (Wildman–Crippen MR) is 72.8 cm³/mol. The van der Waals surface area contributed by atoms with E-state index >= 15 is 0 Å². The highest BCUT2D eigenvalue weighted by atomic mass is 35.5. The monoisotopic (exact) mass is 290 g/mol. The molecule has 0 fully saturated rings.